The molecule has 0 saturated carbocycles. The number of nitrogens with zero attached hydrogens (tertiary/aromatic N) is 1. The van der Waals surface area contributed by atoms with Gasteiger partial charge in [-0.25, -0.2) is 4.79 Å². The highest BCUT2D eigenvalue weighted by molar-refractivity contribution is 5.95. The Bertz CT molecular complexity index is 1150. The van der Waals surface area contributed by atoms with Crippen LogP contribution in [-0.4, -0.2) is 62.8 Å². The molecule has 0 atom stereocenters. The van der Waals surface area contributed by atoms with Crippen molar-refractivity contribution in [3.63, 3.8) is 0 Å². The first-order valence-corrected chi connectivity index (χ1v) is 10.9. The van der Waals surface area contributed by atoms with Gasteiger partial charge in [0.2, 0.25) is 0 Å². The molecule has 1 N–H and O–H groups in total. The number of hydrogen-bond acceptors (Lipinski definition) is 6. The normalized spacial score (nSPS) is 14.2. The molecule has 8 nitrogen and oxygen atoms in total. The number of likely N-dealkylation sites (tertiary alicyclic amines) is 1. The van der Waals surface area contributed by atoms with Gasteiger partial charge in [-0.3, -0.25) is 4.79 Å². The first-order valence-electron chi connectivity index (χ1n) is 10.9. The van der Waals surface area contributed by atoms with E-state index < -0.39 is 5.97 Å². The first-order chi connectivity index (χ1) is 16.0. The summed E-state index contributed by atoms with van der Waals surface area (Å²) in [6.45, 7) is 1.11. The van der Waals surface area contributed by atoms with Gasteiger partial charge in [0.05, 0.1) is 21.3 Å². The van der Waals surface area contributed by atoms with Gasteiger partial charge in [-0.1, -0.05) is 0 Å². The highest BCUT2D eigenvalue weighted by atomic mass is 16.6. The Morgan fingerprint density at radius 1 is 1.00 bits per heavy atom. The fourth-order valence-corrected chi connectivity index (χ4v) is 4.28. The third-order valence-electron chi connectivity index (χ3n) is 6.13. The number of amides is 1. The van der Waals surface area contributed by atoms with Gasteiger partial charge in [-0.15, -0.1) is 0 Å². The summed E-state index contributed by atoms with van der Waals surface area (Å²) in [6, 6.07) is 11.0. The number of methoxy groups -OCH3 is 3. The number of nitrogens with one attached hydrogen (secondary N) is 1. The molecule has 2 heterocycles. The van der Waals surface area contributed by atoms with Gasteiger partial charge in [-0.2, -0.15) is 0 Å². The number of esters is 1. The summed E-state index contributed by atoms with van der Waals surface area (Å²) in [5, 5.41) is 1.17. The molecule has 1 aliphatic heterocycles. The zero-order valence-electron chi connectivity index (χ0n) is 19.1. The number of aromatic nitrogens is 1. The highest BCUT2D eigenvalue weighted by Crippen LogP contribution is 2.35. The lowest BCUT2D eigenvalue weighted by molar-refractivity contribution is -0.142. The molecule has 1 saturated heterocycles. The number of rotatable bonds is 7. The predicted molar refractivity (Wildman–Crippen MR) is 123 cm³/mol. The maximum atomic E-state index is 13.1. The van der Waals surface area contributed by atoms with Crippen molar-refractivity contribution in [1.82, 2.24) is 9.88 Å². The van der Waals surface area contributed by atoms with Crippen LogP contribution in [0.2, 0.25) is 0 Å². The van der Waals surface area contributed by atoms with Gasteiger partial charge in [0, 0.05) is 35.8 Å². The molecule has 3 aromatic rings. The van der Waals surface area contributed by atoms with Gasteiger partial charge in [0.1, 0.15) is 5.75 Å². The third-order valence-corrected chi connectivity index (χ3v) is 6.13. The van der Waals surface area contributed by atoms with E-state index >= 15 is 0 Å². The Morgan fingerprint density at radius 2 is 1.79 bits per heavy atom. The topological polar surface area (TPSA) is 90.1 Å². The van der Waals surface area contributed by atoms with Gasteiger partial charge < -0.3 is 28.8 Å². The van der Waals surface area contributed by atoms with E-state index in [-0.39, 0.29) is 12.5 Å². The zero-order chi connectivity index (χ0) is 23.4. The number of benzene rings is 2. The number of hydrogen-bond donors (Lipinski definition) is 1. The molecule has 33 heavy (non-hydrogen) atoms. The SMILES string of the molecule is COC(=O)COc1ccc(C(=O)N2CCC(c3c[nH]c4ccc(OC)cc34)CC2)cc1OC. The van der Waals surface area contributed by atoms with E-state index in [2.05, 4.69) is 22.0 Å². The van der Waals surface area contributed by atoms with Crippen LogP contribution in [0, 0.1) is 0 Å². The lowest BCUT2D eigenvalue weighted by Crippen LogP contribution is -2.37. The Labute approximate surface area is 192 Å². The number of H-pyrrole nitrogens is 1. The maximum absolute atomic E-state index is 13.1. The minimum Gasteiger partial charge on any atom is -0.497 e. The molecular weight excluding hydrogens is 424 g/mol. The summed E-state index contributed by atoms with van der Waals surface area (Å²) in [7, 11) is 4.46. The van der Waals surface area contributed by atoms with Crippen LogP contribution in [0.5, 0.6) is 17.2 Å². The van der Waals surface area contributed by atoms with Crippen molar-refractivity contribution in [3.8, 4) is 17.2 Å². The average molecular weight is 453 g/mol. The van der Waals surface area contributed by atoms with E-state index in [0.29, 0.717) is 36.1 Å². The van der Waals surface area contributed by atoms with Crippen molar-refractivity contribution < 1.29 is 28.5 Å². The summed E-state index contributed by atoms with van der Waals surface area (Å²) in [4.78, 5) is 29.7. The highest BCUT2D eigenvalue weighted by Gasteiger charge is 2.27. The summed E-state index contributed by atoms with van der Waals surface area (Å²) >= 11 is 0. The molecular formula is C25H28N2O6. The van der Waals surface area contributed by atoms with Crippen molar-refractivity contribution in [3.05, 3.63) is 53.7 Å². The molecule has 4 rings (SSSR count). The molecule has 0 bridgehead atoms. The quantitative estimate of drug-likeness (QED) is 0.549. The van der Waals surface area contributed by atoms with Crippen molar-refractivity contribution in [2.45, 2.75) is 18.8 Å². The van der Waals surface area contributed by atoms with Crippen LogP contribution in [0.25, 0.3) is 10.9 Å². The Balaban J connectivity index is 1.43. The summed E-state index contributed by atoms with van der Waals surface area (Å²) in [5.41, 5.74) is 2.88. The van der Waals surface area contributed by atoms with Gasteiger partial charge in [-0.05, 0) is 60.7 Å². The van der Waals surface area contributed by atoms with E-state index in [0.717, 1.165) is 24.1 Å². The Morgan fingerprint density at radius 3 is 2.48 bits per heavy atom. The monoisotopic (exact) mass is 452 g/mol. The number of ether oxygens (including phenoxy) is 4. The third kappa shape index (κ3) is 4.74. The molecule has 0 unspecified atom stereocenters. The van der Waals surface area contributed by atoms with Gasteiger partial charge >= 0.3 is 5.97 Å². The average Bonchev–Trinajstić information content (AvgIpc) is 3.29. The summed E-state index contributed by atoms with van der Waals surface area (Å²) in [5.74, 6) is 1.45. The van der Waals surface area contributed by atoms with E-state index in [1.807, 2.05) is 17.0 Å². The number of carbonyl (C=O) groups is 2. The molecule has 174 valence electrons. The summed E-state index contributed by atoms with van der Waals surface area (Å²) in [6.07, 6.45) is 3.84. The molecule has 1 aromatic heterocycles. The van der Waals surface area contributed by atoms with Crippen LogP contribution in [0.15, 0.2) is 42.6 Å². The lowest BCUT2D eigenvalue weighted by Gasteiger charge is -2.32. The largest absolute Gasteiger partial charge is 0.497 e. The second-order valence-corrected chi connectivity index (χ2v) is 7.95. The van der Waals surface area contributed by atoms with E-state index in [1.54, 1.807) is 25.3 Å². The smallest absolute Gasteiger partial charge is 0.343 e. The maximum Gasteiger partial charge on any atom is 0.343 e. The molecule has 1 aliphatic rings. The molecule has 0 radical (unpaired) electrons. The van der Waals surface area contributed by atoms with Crippen molar-refractivity contribution in [2.24, 2.45) is 0 Å². The molecule has 0 spiro atoms. The van der Waals surface area contributed by atoms with Crippen LogP contribution >= 0.6 is 0 Å². The standard InChI is InChI=1S/C25H28N2O6/c1-30-18-5-6-21-19(13-18)20(14-26-21)16-8-10-27(11-9-16)25(29)17-4-7-22(23(12-17)31-2)33-15-24(28)32-3/h4-7,12-14,16,26H,8-11,15H2,1-3H3. The number of piperidine rings is 1. The summed E-state index contributed by atoms with van der Waals surface area (Å²) < 4.78 is 20.8. The van der Waals surface area contributed by atoms with Crippen LogP contribution in [0.4, 0.5) is 0 Å². The molecule has 1 fully saturated rings. The Kier molecular flexibility index (Phi) is 6.72. The van der Waals surface area contributed by atoms with Crippen LogP contribution < -0.4 is 14.2 Å². The van der Waals surface area contributed by atoms with E-state index in [9.17, 15) is 9.59 Å². The second-order valence-electron chi connectivity index (χ2n) is 7.95. The van der Waals surface area contributed by atoms with Crippen LogP contribution in [-0.2, 0) is 9.53 Å². The van der Waals surface area contributed by atoms with Crippen LogP contribution in [0.3, 0.4) is 0 Å². The van der Waals surface area contributed by atoms with Crippen molar-refractivity contribution >= 4 is 22.8 Å². The molecule has 2 aromatic carbocycles. The number of aromatic amines is 1. The van der Waals surface area contributed by atoms with Crippen LogP contribution in [0.1, 0.15) is 34.7 Å². The predicted octanol–water partition coefficient (Wildman–Crippen LogP) is 3.76. The van der Waals surface area contributed by atoms with Gasteiger partial charge in [0.15, 0.2) is 18.1 Å². The molecule has 1 amide bonds. The fourth-order valence-electron chi connectivity index (χ4n) is 4.28. The number of fused-ring (bicyclic) bond motifs is 1. The van der Waals surface area contributed by atoms with Crippen molar-refractivity contribution in [1.29, 1.82) is 0 Å². The fraction of sp³-hybridized carbons (Fsp3) is 0.360. The molecule has 0 aliphatic carbocycles. The van der Waals surface area contributed by atoms with Gasteiger partial charge in [0.25, 0.3) is 5.91 Å². The second kappa shape index (κ2) is 9.85. The zero-order valence-corrected chi connectivity index (χ0v) is 19.1. The van der Waals surface area contributed by atoms with Crippen molar-refractivity contribution in [2.75, 3.05) is 41.0 Å². The Hall–Kier alpha value is -3.68. The minimum atomic E-state index is -0.492. The minimum absolute atomic E-state index is 0.0492. The lowest BCUT2D eigenvalue weighted by atomic mass is 9.89. The number of carbonyl (C=O) groups excluding carboxylic acids is 2. The first kappa shape index (κ1) is 22.5. The molecule has 8 heteroatoms. The van der Waals surface area contributed by atoms with E-state index in [4.69, 9.17) is 14.2 Å². The van der Waals surface area contributed by atoms with E-state index in [1.165, 1.54) is 25.2 Å².